The van der Waals surface area contributed by atoms with E-state index in [4.69, 9.17) is 11.6 Å². The van der Waals surface area contributed by atoms with E-state index in [9.17, 15) is 9.18 Å². The van der Waals surface area contributed by atoms with E-state index in [2.05, 4.69) is 15.6 Å². The zero-order valence-electron chi connectivity index (χ0n) is 14.3. The van der Waals surface area contributed by atoms with Gasteiger partial charge in [-0.15, -0.1) is 0 Å². The first kappa shape index (κ1) is 17.9. The van der Waals surface area contributed by atoms with Crippen molar-refractivity contribution >= 4 is 34.6 Å². The third kappa shape index (κ3) is 4.18. The summed E-state index contributed by atoms with van der Waals surface area (Å²) in [4.78, 5) is 16.6. The van der Waals surface area contributed by atoms with Crippen molar-refractivity contribution in [2.24, 2.45) is 0 Å². The maximum Gasteiger partial charge on any atom is 0.257 e. The molecule has 1 aromatic heterocycles. The summed E-state index contributed by atoms with van der Waals surface area (Å²) >= 11 is 6.24. The molecule has 0 unspecified atom stereocenters. The fraction of sp³-hybridized carbons (Fsp3) is 0.100. The van der Waals surface area contributed by atoms with Gasteiger partial charge in [0.15, 0.2) is 0 Å². The second-order valence-electron chi connectivity index (χ2n) is 5.99. The minimum atomic E-state index is -0.346. The van der Waals surface area contributed by atoms with Crippen LogP contribution in [0.25, 0.3) is 0 Å². The highest BCUT2D eigenvalue weighted by atomic mass is 35.5. The summed E-state index contributed by atoms with van der Waals surface area (Å²) in [7, 11) is 0. The molecule has 3 rings (SSSR count). The van der Waals surface area contributed by atoms with E-state index < -0.39 is 0 Å². The number of carbonyl (C=O) groups excluding carboxylic acids is 1. The van der Waals surface area contributed by atoms with Crippen molar-refractivity contribution < 1.29 is 9.18 Å². The smallest absolute Gasteiger partial charge is 0.257 e. The van der Waals surface area contributed by atoms with Gasteiger partial charge in [0.05, 0.1) is 28.2 Å². The van der Waals surface area contributed by atoms with Crippen LogP contribution in [-0.2, 0) is 0 Å². The summed E-state index contributed by atoms with van der Waals surface area (Å²) in [6.45, 7) is 3.82. The number of pyridine rings is 1. The third-order valence-corrected chi connectivity index (χ3v) is 4.08. The van der Waals surface area contributed by atoms with Crippen molar-refractivity contribution in [1.29, 1.82) is 0 Å². The molecule has 0 aliphatic carbocycles. The van der Waals surface area contributed by atoms with Gasteiger partial charge in [-0.2, -0.15) is 0 Å². The molecule has 0 aliphatic rings. The van der Waals surface area contributed by atoms with Crippen LogP contribution in [0.5, 0.6) is 0 Å². The van der Waals surface area contributed by atoms with E-state index in [0.717, 1.165) is 11.1 Å². The normalized spacial score (nSPS) is 10.5. The molecule has 0 bridgehead atoms. The topological polar surface area (TPSA) is 54.0 Å². The molecule has 0 radical (unpaired) electrons. The minimum Gasteiger partial charge on any atom is -0.354 e. The standard InChI is InChI=1S/C20H17ClFN3O/c1-12-6-13(2)19(18(21)7-12)25-20(26)14-8-17(11-23-10-14)24-16-5-3-4-15(22)9-16/h3-11,24H,1-2H3,(H,25,26). The van der Waals surface area contributed by atoms with E-state index in [1.807, 2.05) is 19.9 Å². The Morgan fingerprint density at radius 1 is 1.08 bits per heavy atom. The van der Waals surface area contributed by atoms with Crippen molar-refractivity contribution in [3.63, 3.8) is 0 Å². The van der Waals surface area contributed by atoms with E-state index in [0.29, 0.717) is 27.6 Å². The molecule has 0 aliphatic heterocycles. The monoisotopic (exact) mass is 369 g/mol. The Balaban J connectivity index is 1.80. The number of nitrogens with one attached hydrogen (secondary N) is 2. The number of aromatic nitrogens is 1. The number of nitrogens with zero attached hydrogens (tertiary/aromatic N) is 1. The number of hydrogen-bond donors (Lipinski definition) is 2. The Kier molecular flexibility index (Phi) is 5.19. The summed E-state index contributed by atoms with van der Waals surface area (Å²) in [6.07, 6.45) is 3.02. The maximum absolute atomic E-state index is 13.3. The molecule has 6 heteroatoms. The average Bonchev–Trinajstić information content (AvgIpc) is 2.58. The molecule has 1 heterocycles. The molecule has 3 aromatic rings. The van der Waals surface area contributed by atoms with Gasteiger partial charge in [0.2, 0.25) is 0 Å². The lowest BCUT2D eigenvalue weighted by atomic mass is 10.1. The zero-order valence-corrected chi connectivity index (χ0v) is 15.1. The number of carbonyl (C=O) groups is 1. The predicted octanol–water partition coefficient (Wildman–Crippen LogP) is 5.49. The molecule has 0 saturated carbocycles. The Labute approximate surface area is 156 Å². The highest BCUT2D eigenvalue weighted by Crippen LogP contribution is 2.28. The fourth-order valence-corrected chi connectivity index (χ4v) is 2.99. The number of halogens is 2. The molecular formula is C20H17ClFN3O. The Hall–Kier alpha value is -2.92. The van der Waals surface area contributed by atoms with Crippen LogP contribution in [0.15, 0.2) is 54.9 Å². The molecule has 0 fully saturated rings. The fourth-order valence-electron chi connectivity index (χ4n) is 2.63. The summed E-state index contributed by atoms with van der Waals surface area (Å²) in [6, 6.07) is 11.4. The number of rotatable bonds is 4. The molecular weight excluding hydrogens is 353 g/mol. The molecule has 0 spiro atoms. The van der Waals surface area contributed by atoms with Gasteiger partial charge < -0.3 is 10.6 Å². The van der Waals surface area contributed by atoms with Crippen molar-refractivity contribution in [3.05, 3.63) is 82.4 Å². The van der Waals surface area contributed by atoms with Crippen LogP contribution in [0.2, 0.25) is 5.02 Å². The first-order valence-corrected chi connectivity index (χ1v) is 8.36. The van der Waals surface area contributed by atoms with Crippen LogP contribution in [-0.4, -0.2) is 10.9 Å². The minimum absolute atomic E-state index is 0.325. The summed E-state index contributed by atoms with van der Waals surface area (Å²) in [5.41, 5.74) is 3.99. The number of aryl methyl sites for hydroxylation is 2. The first-order valence-electron chi connectivity index (χ1n) is 7.98. The number of amides is 1. The van der Waals surface area contributed by atoms with Gasteiger partial charge in [-0.1, -0.05) is 23.7 Å². The predicted molar refractivity (Wildman–Crippen MR) is 103 cm³/mol. The molecule has 1 amide bonds. The Bertz CT molecular complexity index is 952. The van der Waals surface area contributed by atoms with E-state index >= 15 is 0 Å². The third-order valence-electron chi connectivity index (χ3n) is 3.78. The second kappa shape index (κ2) is 7.54. The van der Waals surface area contributed by atoms with Crippen LogP contribution in [0, 0.1) is 19.7 Å². The average molecular weight is 370 g/mol. The van der Waals surface area contributed by atoms with Gasteiger partial charge >= 0.3 is 0 Å². The molecule has 0 atom stereocenters. The highest BCUT2D eigenvalue weighted by molar-refractivity contribution is 6.34. The molecule has 2 N–H and O–H groups in total. The zero-order chi connectivity index (χ0) is 18.7. The van der Waals surface area contributed by atoms with Crippen LogP contribution in [0.4, 0.5) is 21.5 Å². The van der Waals surface area contributed by atoms with E-state index in [-0.39, 0.29) is 11.7 Å². The first-order chi connectivity index (χ1) is 12.4. The van der Waals surface area contributed by atoms with Crippen molar-refractivity contribution in [2.45, 2.75) is 13.8 Å². The Morgan fingerprint density at radius 2 is 1.88 bits per heavy atom. The number of hydrogen-bond acceptors (Lipinski definition) is 3. The van der Waals surface area contributed by atoms with Gasteiger partial charge in [-0.3, -0.25) is 9.78 Å². The van der Waals surface area contributed by atoms with E-state index in [1.165, 1.54) is 18.3 Å². The van der Waals surface area contributed by atoms with Gasteiger partial charge in [0, 0.05) is 11.9 Å². The second-order valence-corrected chi connectivity index (χ2v) is 6.40. The van der Waals surface area contributed by atoms with Crippen LogP contribution < -0.4 is 10.6 Å². The molecule has 2 aromatic carbocycles. The number of anilines is 3. The number of benzene rings is 2. The maximum atomic E-state index is 13.3. The van der Waals surface area contributed by atoms with E-state index in [1.54, 1.807) is 30.5 Å². The summed E-state index contributed by atoms with van der Waals surface area (Å²) < 4.78 is 13.3. The summed E-state index contributed by atoms with van der Waals surface area (Å²) in [5, 5.41) is 6.33. The highest BCUT2D eigenvalue weighted by Gasteiger charge is 2.12. The molecule has 0 saturated heterocycles. The van der Waals surface area contributed by atoms with Crippen LogP contribution >= 0.6 is 11.6 Å². The molecule has 4 nitrogen and oxygen atoms in total. The lowest BCUT2D eigenvalue weighted by Crippen LogP contribution is -2.14. The SMILES string of the molecule is Cc1cc(C)c(NC(=O)c2cncc(Nc3cccc(F)c3)c2)c(Cl)c1. The molecule has 132 valence electrons. The quantitative estimate of drug-likeness (QED) is 0.639. The molecule has 26 heavy (non-hydrogen) atoms. The van der Waals surface area contributed by atoms with Crippen LogP contribution in [0.1, 0.15) is 21.5 Å². The van der Waals surface area contributed by atoms with Crippen molar-refractivity contribution in [2.75, 3.05) is 10.6 Å². The van der Waals surface area contributed by atoms with Gasteiger partial charge in [0.25, 0.3) is 5.91 Å². The largest absolute Gasteiger partial charge is 0.354 e. The van der Waals surface area contributed by atoms with Crippen molar-refractivity contribution in [1.82, 2.24) is 4.98 Å². The summed E-state index contributed by atoms with van der Waals surface area (Å²) in [5.74, 6) is -0.671. The van der Waals surface area contributed by atoms with Crippen molar-refractivity contribution in [3.8, 4) is 0 Å². The van der Waals surface area contributed by atoms with Crippen LogP contribution in [0.3, 0.4) is 0 Å². The van der Waals surface area contributed by atoms with Gasteiger partial charge in [0.1, 0.15) is 5.82 Å². The lowest BCUT2D eigenvalue weighted by molar-refractivity contribution is 0.102. The van der Waals surface area contributed by atoms with Gasteiger partial charge in [-0.05, 0) is 55.3 Å². The lowest BCUT2D eigenvalue weighted by Gasteiger charge is -2.12. The van der Waals surface area contributed by atoms with Gasteiger partial charge in [-0.25, -0.2) is 4.39 Å². The Morgan fingerprint density at radius 3 is 2.62 bits per heavy atom.